The van der Waals surface area contributed by atoms with Crippen LogP contribution in [0.2, 0.25) is 0 Å². The summed E-state index contributed by atoms with van der Waals surface area (Å²) >= 11 is 0. The van der Waals surface area contributed by atoms with Crippen LogP contribution in [0.15, 0.2) is 48.5 Å². The third kappa shape index (κ3) is 4.77. The molecule has 0 amide bonds. The van der Waals surface area contributed by atoms with Crippen molar-refractivity contribution >= 4 is 17.5 Å². The molecule has 0 unspecified atom stereocenters. The Balaban J connectivity index is 2.16. The lowest BCUT2D eigenvalue weighted by Gasteiger charge is -2.07. The highest BCUT2D eigenvalue weighted by molar-refractivity contribution is 6.06. The molecule has 132 valence electrons. The van der Waals surface area contributed by atoms with Crippen LogP contribution in [0.4, 0.5) is 5.69 Å². The van der Waals surface area contributed by atoms with Gasteiger partial charge in [-0.1, -0.05) is 32.1 Å². The van der Waals surface area contributed by atoms with Crippen LogP contribution in [0.3, 0.4) is 0 Å². The van der Waals surface area contributed by atoms with Crippen LogP contribution in [-0.4, -0.2) is 17.3 Å². The second-order valence-corrected chi connectivity index (χ2v) is 5.90. The summed E-state index contributed by atoms with van der Waals surface area (Å²) in [7, 11) is 0. The summed E-state index contributed by atoms with van der Waals surface area (Å²) in [4.78, 5) is 23.0. The van der Waals surface area contributed by atoms with Crippen molar-refractivity contribution in [2.45, 2.75) is 19.8 Å². The zero-order chi connectivity index (χ0) is 19.1. The van der Waals surface area contributed by atoms with Gasteiger partial charge in [-0.3, -0.25) is 14.9 Å². The summed E-state index contributed by atoms with van der Waals surface area (Å²) in [5.74, 6) is 0.316. The number of hydrogen-bond acceptors (Lipinski definition) is 5. The van der Waals surface area contributed by atoms with Gasteiger partial charge < -0.3 is 4.74 Å². The number of carbonyl (C=O) groups excluding carboxylic acids is 1. The molecule has 0 radical (unpaired) electrons. The third-order valence-electron chi connectivity index (χ3n) is 3.74. The van der Waals surface area contributed by atoms with Crippen molar-refractivity contribution in [3.8, 4) is 11.8 Å². The number of allylic oxidation sites excluding steroid dienone is 1. The monoisotopic (exact) mass is 350 g/mol. The first-order chi connectivity index (χ1) is 12.4. The van der Waals surface area contributed by atoms with Crippen LogP contribution in [0.25, 0.3) is 6.08 Å². The predicted octanol–water partition coefficient (Wildman–Crippen LogP) is 4.52. The molecule has 0 heterocycles. The first-order valence-corrected chi connectivity index (χ1v) is 8.03. The van der Waals surface area contributed by atoms with E-state index < -0.39 is 4.92 Å². The topological polar surface area (TPSA) is 93.2 Å². The molecule has 0 aliphatic heterocycles. The van der Waals surface area contributed by atoms with Gasteiger partial charge in [-0.05, 0) is 41.8 Å². The van der Waals surface area contributed by atoms with Gasteiger partial charge in [-0.25, -0.2) is 0 Å². The van der Waals surface area contributed by atoms with E-state index >= 15 is 0 Å². The maximum absolute atomic E-state index is 12.2. The highest BCUT2D eigenvalue weighted by Crippen LogP contribution is 2.27. The molecule has 0 aliphatic rings. The zero-order valence-corrected chi connectivity index (χ0v) is 14.5. The minimum atomic E-state index is -0.408. The minimum absolute atomic E-state index is 0.0387. The summed E-state index contributed by atoms with van der Waals surface area (Å²) in [5.41, 5.74) is 1.75. The molecule has 0 spiro atoms. The van der Waals surface area contributed by atoms with Gasteiger partial charge in [0.1, 0.15) is 11.8 Å². The lowest BCUT2D eigenvalue weighted by Crippen LogP contribution is -1.98. The molecule has 6 nitrogen and oxygen atoms in total. The normalized spacial score (nSPS) is 10.7. The molecule has 6 heteroatoms. The number of carbonyl (C=O) groups is 1. The van der Waals surface area contributed by atoms with Crippen LogP contribution in [0.5, 0.6) is 5.75 Å². The van der Waals surface area contributed by atoms with Crippen molar-refractivity contribution < 1.29 is 14.5 Å². The molecule has 0 saturated carbocycles. The Hall–Kier alpha value is -3.46. The Morgan fingerprint density at radius 1 is 1.27 bits per heavy atom. The molecule has 0 fully saturated rings. The fourth-order valence-electron chi connectivity index (χ4n) is 2.41. The minimum Gasteiger partial charge on any atom is -0.479 e. The molecule has 0 aromatic heterocycles. The summed E-state index contributed by atoms with van der Waals surface area (Å²) in [6.45, 7) is 3.73. The quantitative estimate of drug-likeness (QED) is 0.317. The second-order valence-electron chi connectivity index (χ2n) is 5.90. The molecule has 0 bridgehead atoms. The Labute approximate surface area is 151 Å². The van der Waals surface area contributed by atoms with Crippen LogP contribution < -0.4 is 4.74 Å². The standard InChI is InChI=1S/C20H18N2O4/c1-14(2)18-9-3-15(13-19(18)22(24)25)4-10-20(23)16-5-7-17(8-6-16)26-12-11-21/h3-10,13-14H,12H2,1-2H3/b10-4+. The molecular weight excluding hydrogens is 332 g/mol. The molecule has 2 rings (SSSR count). The van der Waals surface area contributed by atoms with Gasteiger partial charge in [0.15, 0.2) is 12.4 Å². The number of benzene rings is 2. The molecule has 0 saturated heterocycles. The van der Waals surface area contributed by atoms with Gasteiger partial charge in [-0.15, -0.1) is 0 Å². The van der Waals surface area contributed by atoms with E-state index in [9.17, 15) is 14.9 Å². The van der Waals surface area contributed by atoms with E-state index in [1.54, 1.807) is 42.5 Å². The maximum atomic E-state index is 12.2. The SMILES string of the molecule is CC(C)c1ccc(/C=C/C(=O)c2ccc(OCC#N)cc2)cc1[N+](=O)[O-]. The largest absolute Gasteiger partial charge is 0.479 e. The van der Waals surface area contributed by atoms with Crippen molar-refractivity contribution in [1.82, 2.24) is 0 Å². The van der Waals surface area contributed by atoms with Crippen molar-refractivity contribution in [3.05, 3.63) is 75.3 Å². The van der Waals surface area contributed by atoms with Gasteiger partial charge in [0, 0.05) is 17.2 Å². The average Bonchev–Trinajstić information content (AvgIpc) is 2.64. The molecule has 2 aromatic rings. The molecule has 0 N–H and O–H groups in total. The Kier molecular flexibility index (Phi) is 6.23. The number of nitriles is 1. The van der Waals surface area contributed by atoms with Crippen LogP contribution in [0.1, 0.15) is 41.3 Å². The predicted molar refractivity (Wildman–Crippen MR) is 98.1 cm³/mol. The first kappa shape index (κ1) is 18.9. The Bertz CT molecular complexity index is 878. The highest BCUT2D eigenvalue weighted by Gasteiger charge is 2.16. The van der Waals surface area contributed by atoms with Crippen LogP contribution >= 0.6 is 0 Å². The van der Waals surface area contributed by atoms with Crippen LogP contribution in [0, 0.1) is 21.4 Å². The number of ketones is 1. The van der Waals surface area contributed by atoms with E-state index in [0.717, 1.165) is 0 Å². The number of nitrogens with zero attached hydrogens (tertiary/aromatic N) is 2. The van der Waals surface area contributed by atoms with Crippen molar-refractivity contribution in [3.63, 3.8) is 0 Å². The van der Waals surface area contributed by atoms with E-state index in [0.29, 0.717) is 22.4 Å². The fourth-order valence-corrected chi connectivity index (χ4v) is 2.41. The van der Waals surface area contributed by atoms with Gasteiger partial charge in [0.25, 0.3) is 5.69 Å². The fraction of sp³-hybridized carbons (Fsp3) is 0.200. The molecule has 26 heavy (non-hydrogen) atoms. The van der Waals surface area contributed by atoms with Gasteiger partial charge in [-0.2, -0.15) is 5.26 Å². The molecule has 0 aliphatic carbocycles. The van der Waals surface area contributed by atoms with Crippen molar-refractivity contribution in [1.29, 1.82) is 5.26 Å². The van der Waals surface area contributed by atoms with Crippen molar-refractivity contribution in [2.24, 2.45) is 0 Å². The van der Waals surface area contributed by atoms with E-state index in [-0.39, 0.29) is 24.0 Å². The summed E-state index contributed by atoms with van der Waals surface area (Å²) in [5, 5.41) is 19.7. The smallest absolute Gasteiger partial charge is 0.273 e. The summed E-state index contributed by atoms with van der Waals surface area (Å²) in [6, 6.07) is 13.2. The zero-order valence-electron chi connectivity index (χ0n) is 14.5. The lowest BCUT2D eigenvalue weighted by molar-refractivity contribution is -0.385. The molecule has 2 aromatic carbocycles. The van der Waals surface area contributed by atoms with E-state index in [4.69, 9.17) is 10.00 Å². The van der Waals surface area contributed by atoms with E-state index in [1.807, 2.05) is 19.9 Å². The van der Waals surface area contributed by atoms with Gasteiger partial charge in [0.05, 0.1) is 4.92 Å². The molecule has 0 atom stereocenters. The Morgan fingerprint density at radius 2 is 1.96 bits per heavy atom. The first-order valence-electron chi connectivity index (χ1n) is 8.03. The number of rotatable bonds is 7. The summed E-state index contributed by atoms with van der Waals surface area (Å²) < 4.78 is 5.13. The number of nitro benzene ring substituents is 1. The average molecular weight is 350 g/mol. The number of hydrogen-bond donors (Lipinski definition) is 0. The van der Waals surface area contributed by atoms with Gasteiger partial charge in [0.2, 0.25) is 0 Å². The summed E-state index contributed by atoms with van der Waals surface area (Å²) in [6.07, 6.45) is 2.93. The molecular formula is C20H18N2O4. The van der Waals surface area contributed by atoms with E-state index in [1.165, 1.54) is 12.1 Å². The van der Waals surface area contributed by atoms with Crippen LogP contribution in [-0.2, 0) is 0 Å². The number of ether oxygens (including phenoxy) is 1. The second kappa shape index (κ2) is 8.58. The highest BCUT2D eigenvalue weighted by atomic mass is 16.6. The lowest BCUT2D eigenvalue weighted by atomic mass is 9.99. The van der Waals surface area contributed by atoms with Crippen molar-refractivity contribution in [2.75, 3.05) is 6.61 Å². The third-order valence-corrected chi connectivity index (χ3v) is 3.74. The Morgan fingerprint density at radius 3 is 2.54 bits per heavy atom. The van der Waals surface area contributed by atoms with Gasteiger partial charge >= 0.3 is 0 Å². The maximum Gasteiger partial charge on any atom is 0.273 e. The van der Waals surface area contributed by atoms with E-state index in [2.05, 4.69) is 0 Å². The number of nitro groups is 1.